The summed E-state index contributed by atoms with van der Waals surface area (Å²) in [6.07, 6.45) is 5.64. The summed E-state index contributed by atoms with van der Waals surface area (Å²) in [7, 11) is 1.69. The van der Waals surface area contributed by atoms with Gasteiger partial charge in [-0.25, -0.2) is 0 Å². The van der Waals surface area contributed by atoms with Crippen LogP contribution in [0.15, 0.2) is 54.6 Å². The molecule has 2 atom stereocenters. The molecule has 0 bridgehead atoms. The zero-order valence-corrected chi connectivity index (χ0v) is 16.7. The highest BCUT2D eigenvalue weighted by atomic mass is 16.5. The van der Waals surface area contributed by atoms with Gasteiger partial charge in [0.2, 0.25) is 0 Å². The van der Waals surface area contributed by atoms with E-state index < -0.39 is 0 Å². The molecular weight excluding hydrogens is 360 g/mol. The summed E-state index contributed by atoms with van der Waals surface area (Å²) in [5.74, 6) is 1.29. The summed E-state index contributed by atoms with van der Waals surface area (Å²) in [6, 6.07) is 16.5. The van der Waals surface area contributed by atoms with Crippen LogP contribution < -0.4 is 10.1 Å². The van der Waals surface area contributed by atoms with E-state index in [9.17, 15) is 4.79 Å². The standard InChI is InChI=1S/C25H26N2O2/c1-29-19-8-10-23-21(15-19)20-13-18(7-9-22(20)27-23)25(28)24-14-17(11-12-26-24)16-5-3-2-4-6-16/h2-6,8,10-11,15,18,24,26-27H,7,9,12-14H2,1H3. The van der Waals surface area contributed by atoms with Crippen LogP contribution in [0.25, 0.3) is 16.5 Å². The molecule has 4 heteroatoms. The maximum atomic E-state index is 13.4. The van der Waals surface area contributed by atoms with Crippen molar-refractivity contribution in [2.75, 3.05) is 13.7 Å². The monoisotopic (exact) mass is 386 g/mol. The molecule has 3 aromatic rings. The summed E-state index contributed by atoms with van der Waals surface area (Å²) in [5.41, 5.74) is 6.20. The molecule has 5 rings (SSSR count). The van der Waals surface area contributed by atoms with Crippen molar-refractivity contribution in [1.82, 2.24) is 10.3 Å². The molecule has 0 radical (unpaired) electrons. The van der Waals surface area contributed by atoms with Crippen molar-refractivity contribution >= 4 is 22.3 Å². The smallest absolute Gasteiger partial charge is 0.153 e. The van der Waals surface area contributed by atoms with Crippen LogP contribution in [0.1, 0.15) is 29.7 Å². The third-order valence-electron chi connectivity index (χ3n) is 6.42. The van der Waals surface area contributed by atoms with Crippen molar-refractivity contribution in [3.63, 3.8) is 0 Å². The molecule has 1 aliphatic carbocycles. The first-order valence-corrected chi connectivity index (χ1v) is 10.4. The third-order valence-corrected chi connectivity index (χ3v) is 6.42. The highest BCUT2D eigenvalue weighted by molar-refractivity contribution is 5.91. The van der Waals surface area contributed by atoms with Crippen LogP contribution in [-0.2, 0) is 17.6 Å². The normalized spacial score (nSPS) is 21.5. The maximum Gasteiger partial charge on any atom is 0.153 e. The molecule has 0 fully saturated rings. The van der Waals surface area contributed by atoms with Gasteiger partial charge in [-0.15, -0.1) is 0 Å². The molecule has 2 heterocycles. The van der Waals surface area contributed by atoms with E-state index in [0.717, 1.165) is 43.5 Å². The minimum atomic E-state index is -0.0958. The minimum Gasteiger partial charge on any atom is -0.497 e. The molecule has 4 nitrogen and oxygen atoms in total. The number of aryl methyl sites for hydroxylation is 1. The molecule has 2 aliphatic rings. The van der Waals surface area contributed by atoms with Gasteiger partial charge in [-0.3, -0.25) is 4.79 Å². The highest BCUT2D eigenvalue weighted by Gasteiger charge is 2.33. The maximum absolute atomic E-state index is 13.4. The molecule has 29 heavy (non-hydrogen) atoms. The number of benzene rings is 2. The SMILES string of the molecule is COc1ccc2[nH]c3c(c2c1)CC(C(=O)C1CC(c2ccccc2)=CCN1)CC3. The van der Waals surface area contributed by atoms with Gasteiger partial charge >= 0.3 is 0 Å². The fourth-order valence-corrected chi connectivity index (χ4v) is 4.84. The molecule has 0 saturated heterocycles. The molecule has 2 unspecified atom stereocenters. The second-order valence-electron chi connectivity index (χ2n) is 8.10. The molecule has 148 valence electrons. The van der Waals surface area contributed by atoms with E-state index in [1.165, 1.54) is 27.8 Å². The van der Waals surface area contributed by atoms with Gasteiger partial charge in [0.25, 0.3) is 0 Å². The predicted octanol–water partition coefficient (Wildman–Crippen LogP) is 4.30. The van der Waals surface area contributed by atoms with Gasteiger partial charge in [0.05, 0.1) is 13.2 Å². The van der Waals surface area contributed by atoms with Gasteiger partial charge in [0.15, 0.2) is 5.78 Å². The van der Waals surface area contributed by atoms with E-state index in [2.05, 4.69) is 52.8 Å². The number of rotatable bonds is 4. The zero-order valence-electron chi connectivity index (χ0n) is 16.7. The second kappa shape index (κ2) is 7.53. The Bertz CT molecular complexity index is 1080. The third kappa shape index (κ3) is 3.38. The summed E-state index contributed by atoms with van der Waals surface area (Å²) in [5, 5.41) is 4.63. The van der Waals surface area contributed by atoms with E-state index in [1.54, 1.807) is 7.11 Å². The number of H-pyrrole nitrogens is 1. The van der Waals surface area contributed by atoms with Crippen molar-refractivity contribution in [3.8, 4) is 5.75 Å². The van der Waals surface area contributed by atoms with Crippen LogP contribution in [0, 0.1) is 5.92 Å². The zero-order chi connectivity index (χ0) is 19.8. The number of ether oxygens (including phenoxy) is 1. The van der Waals surface area contributed by atoms with Crippen LogP contribution in [0.5, 0.6) is 5.75 Å². The molecule has 0 saturated carbocycles. The van der Waals surface area contributed by atoms with Gasteiger partial charge in [-0.05, 0) is 60.6 Å². The first kappa shape index (κ1) is 18.2. The highest BCUT2D eigenvalue weighted by Crippen LogP contribution is 2.35. The number of aromatic nitrogens is 1. The molecule has 1 aliphatic heterocycles. The number of carbonyl (C=O) groups excluding carboxylic acids is 1. The number of Topliss-reactive ketones (excluding diaryl/α,β-unsaturated/α-hetero) is 1. The Hall–Kier alpha value is -2.85. The predicted molar refractivity (Wildman–Crippen MR) is 116 cm³/mol. The fraction of sp³-hybridized carbons (Fsp3) is 0.320. The van der Waals surface area contributed by atoms with Crippen LogP contribution >= 0.6 is 0 Å². The Kier molecular flexibility index (Phi) is 4.72. The summed E-state index contributed by atoms with van der Waals surface area (Å²) < 4.78 is 5.41. The fourth-order valence-electron chi connectivity index (χ4n) is 4.84. The van der Waals surface area contributed by atoms with Crippen LogP contribution in [0.4, 0.5) is 0 Å². The van der Waals surface area contributed by atoms with Gasteiger partial charge in [0, 0.05) is 29.1 Å². The minimum absolute atomic E-state index is 0.0697. The van der Waals surface area contributed by atoms with Gasteiger partial charge < -0.3 is 15.0 Å². The van der Waals surface area contributed by atoms with Crippen molar-refractivity contribution in [1.29, 1.82) is 0 Å². The quantitative estimate of drug-likeness (QED) is 0.703. The Balaban J connectivity index is 1.36. The van der Waals surface area contributed by atoms with Gasteiger partial charge in [-0.1, -0.05) is 36.4 Å². The molecule has 0 amide bonds. The number of hydrogen-bond donors (Lipinski definition) is 2. The molecule has 0 spiro atoms. The first-order valence-electron chi connectivity index (χ1n) is 10.4. The second-order valence-corrected chi connectivity index (χ2v) is 8.10. The Morgan fingerprint density at radius 1 is 1.10 bits per heavy atom. The average Bonchev–Trinajstić information content (AvgIpc) is 3.16. The van der Waals surface area contributed by atoms with E-state index in [-0.39, 0.29) is 12.0 Å². The van der Waals surface area contributed by atoms with Crippen molar-refractivity contribution < 1.29 is 9.53 Å². The van der Waals surface area contributed by atoms with E-state index in [0.29, 0.717) is 5.78 Å². The average molecular weight is 386 g/mol. The largest absolute Gasteiger partial charge is 0.497 e. The number of nitrogens with one attached hydrogen (secondary N) is 2. The first-order chi connectivity index (χ1) is 14.2. The van der Waals surface area contributed by atoms with Crippen molar-refractivity contribution in [2.24, 2.45) is 5.92 Å². The number of aromatic amines is 1. The number of hydrogen-bond acceptors (Lipinski definition) is 3. The summed E-state index contributed by atoms with van der Waals surface area (Å²) >= 11 is 0. The lowest BCUT2D eigenvalue weighted by Crippen LogP contribution is -2.43. The summed E-state index contributed by atoms with van der Waals surface area (Å²) in [4.78, 5) is 16.9. The van der Waals surface area contributed by atoms with Crippen LogP contribution in [0.3, 0.4) is 0 Å². The van der Waals surface area contributed by atoms with Gasteiger partial charge in [-0.2, -0.15) is 0 Å². The van der Waals surface area contributed by atoms with Gasteiger partial charge in [0.1, 0.15) is 5.75 Å². The molecular formula is C25H26N2O2. The Morgan fingerprint density at radius 2 is 1.97 bits per heavy atom. The lowest BCUT2D eigenvalue weighted by atomic mass is 9.79. The number of fused-ring (bicyclic) bond motifs is 3. The van der Waals surface area contributed by atoms with Crippen molar-refractivity contribution in [2.45, 2.75) is 31.7 Å². The molecule has 2 N–H and O–H groups in total. The molecule has 1 aromatic heterocycles. The topological polar surface area (TPSA) is 54.1 Å². The van der Waals surface area contributed by atoms with Crippen molar-refractivity contribution in [3.05, 3.63) is 71.4 Å². The van der Waals surface area contributed by atoms with Crippen LogP contribution in [0.2, 0.25) is 0 Å². The van der Waals surface area contributed by atoms with Crippen LogP contribution in [-0.4, -0.2) is 30.5 Å². The molecule has 2 aromatic carbocycles. The number of carbonyl (C=O) groups is 1. The Morgan fingerprint density at radius 3 is 2.79 bits per heavy atom. The number of ketones is 1. The lowest BCUT2D eigenvalue weighted by molar-refractivity contribution is -0.125. The van der Waals surface area contributed by atoms with E-state index in [1.807, 2.05) is 12.1 Å². The number of methoxy groups -OCH3 is 1. The Labute approximate surface area is 171 Å². The van der Waals surface area contributed by atoms with E-state index in [4.69, 9.17) is 4.74 Å². The lowest BCUT2D eigenvalue weighted by Gasteiger charge is -2.29. The summed E-state index contributed by atoms with van der Waals surface area (Å²) in [6.45, 7) is 0.753. The van der Waals surface area contributed by atoms with E-state index >= 15 is 0 Å².